The number of nitrogens with one attached hydrogen (secondary N) is 1. The first-order valence-electron chi connectivity index (χ1n) is 5.55. The van der Waals surface area contributed by atoms with E-state index in [1.807, 2.05) is 12.1 Å². The lowest BCUT2D eigenvalue weighted by atomic mass is 9.86. The topological polar surface area (TPSA) is 70.9 Å². The van der Waals surface area contributed by atoms with E-state index in [0.717, 1.165) is 5.56 Å². The van der Waals surface area contributed by atoms with Crippen molar-refractivity contribution in [1.29, 1.82) is 0 Å². The molecule has 2 N–H and O–H groups in total. The Morgan fingerprint density at radius 1 is 1.44 bits per heavy atom. The van der Waals surface area contributed by atoms with Crippen LogP contribution in [0, 0.1) is 0 Å². The fourth-order valence-electron chi connectivity index (χ4n) is 1.32. The summed E-state index contributed by atoms with van der Waals surface area (Å²) in [5.41, 5.74) is 3.75. The summed E-state index contributed by atoms with van der Waals surface area (Å²) in [5.74, 6) is 0.110. The molecule has 0 fully saturated rings. The average Bonchev–Trinajstić information content (AvgIpc) is 2.29. The van der Waals surface area contributed by atoms with Crippen LogP contribution in [0.2, 0.25) is 0 Å². The van der Waals surface area contributed by atoms with E-state index in [1.165, 1.54) is 13.3 Å². The smallest absolute Gasteiger partial charge is 0.427 e. The van der Waals surface area contributed by atoms with Crippen LogP contribution in [-0.4, -0.2) is 24.5 Å². The van der Waals surface area contributed by atoms with Gasteiger partial charge in [0, 0.05) is 5.56 Å². The number of hydrazone groups is 1. The molecule has 1 amide bonds. The Balaban J connectivity index is 2.91. The van der Waals surface area contributed by atoms with Gasteiger partial charge >= 0.3 is 6.09 Å². The molecule has 1 aromatic carbocycles. The molecule has 0 bridgehead atoms. The van der Waals surface area contributed by atoms with Gasteiger partial charge < -0.3 is 9.84 Å². The summed E-state index contributed by atoms with van der Waals surface area (Å²) in [6, 6.07) is 5.30. The van der Waals surface area contributed by atoms with Crippen molar-refractivity contribution in [2.24, 2.45) is 5.10 Å². The Bertz CT molecular complexity index is 462. The van der Waals surface area contributed by atoms with Gasteiger partial charge in [-0.3, -0.25) is 0 Å². The summed E-state index contributed by atoms with van der Waals surface area (Å²) < 4.78 is 4.37. The molecule has 0 spiro atoms. The number of ether oxygens (including phenoxy) is 1. The summed E-state index contributed by atoms with van der Waals surface area (Å²) in [6.07, 6.45) is 0.722. The predicted molar refractivity (Wildman–Crippen MR) is 69.9 cm³/mol. The van der Waals surface area contributed by atoms with Crippen molar-refractivity contribution in [2.75, 3.05) is 7.11 Å². The van der Waals surface area contributed by atoms with Gasteiger partial charge in [-0.25, -0.2) is 10.2 Å². The first-order valence-corrected chi connectivity index (χ1v) is 5.55. The molecule has 0 saturated heterocycles. The zero-order chi connectivity index (χ0) is 13.8. The van der Waals surface area contributed by atoms with E-state index < -0.39 is 6.09 Å². The maximum atomic E-state index is 10.8. The van der Waals surface area contributed by atoms with Crippen LogP contribution in [-0.2, 0) is 10.2 Å². The molecule has 0 aliphatic carbocycles. The molecule has 98 valence electrons. The summed E-state index contributed by atoms with van der Waals surface area (Å²) >= 11 is 0. The van der Waals surface area contributed by atoms with E-state index in [1.54, 1.807) is 6.07 Å². The second-order valence-electron chi connectivity index (χ2n) is 4.89. The maximum absolute atomic E-state index is 10.8. The van der Waals surface area contributed by atoms with Crippen LogP contribution in [0.15, 0.2) is 23.3 Å². The molecule has 5 nitrogen and oxygen atoms in total. The van der Waals surface area contributed by atoms with Crippen molar-refractivity contribution in [2.45, 2.75) is 26.2 Å². The van der Waals surface area contributed by atoms with Crippen LogP contribution in [0.5, 0.6) is 5.75 Å². The number of carbonyl (C=O) groups excluding carboxylic acids is 1. The number of aromatic hydroxyl groups is 1. The number of nitrogens with zero attached hydrogens (tertiary/aromatic N) is 1. The molecule has 0 aliphatic rings. The molecule has 0 radical (unpaired) electrons. The van der Waals surface area contributed by atoms with Crippen molar-refractivity contribution in [3.8, 4) is 5.75 Å². The van der Waals surface area contributed by atoms with Crippen LogP contribution < -0.4 is 5.43 Å². The monoisotopic (exact) mass is 250 g/mol. The van der Waals surface area contributed by atoms with Crippen LogP contribution in [0.4, 0.5) is 4.79 Å². The quantitative estimate of drug-likeness (QED) is 0.625. The molecule has 0 heterocycles. The molecule has 0 aromatic heterocycles. The van der Waals surface area contributed by atoms with Crippen LogP contribution >= 0.6 is 0 Å². The van der Waals surface area contributed by atoms with Gasteiger partial charge in [0.2, 0.25) is 0 Å². The Labute approximate surface area is 106 Å². The van der Waals surface area contributed by atoms with Gasteiger partial charge in [0.15, 0.2) is 0 Å². The van der Waals surface area contributed by atoms with Gasteiger partial charge in [-0.1, -0.05) is 26.8 Å². The van der Waals surface area contributed by atoms with E-state index in [4.69, 9.17) is 0 Å². The van der Waals surface area contributed by atoms with E-state index in [0.29, 0.717) is 5.56 Å². The predicted octanol–water partition coefficient (Wildman–Crippen LogP) is 2.38. The summed E-state index contributed by atoms with van der Waals surface area (Å²) in [4.78, 5) is 10.8. The highest BCUT2D eigenvalue weighted by atomic mass is 16.5. The molecule has 18 heavy (non-hydrogen) atoms. The molecule has 1 aromatic rings. The van der Waals surface area contributed by atoms with E-state index in [9.17, 15) is 9.90 Å². The minimum Gasteiger partial charge on any atom is -0.507 e. The molecule has 5 heteroatoms. The minimum absolute atomic E-state index is 0.0218. The third kappa shape index (κ3) is 3.76. The highest BCUT2D eigenvalue weighted by molar-refractivity contribution is 5.84. The summed E-state index contributed by atoms with van der Waals surface area (Å²) in [5, 5.41) is 13.4. The maximum Gasteiger partial charge on any atom is 0.427 e. The number of benzene rings is 1. The number of phenols is 1. The third-order valence-electron chi connectivity index (χ3n) is 2.44. The lowest BCUT2D eigenvalue weighted by Gasteiger charge is -2.19. The number of carbonyl (C=O) groups is 1. The van der Waals surface area contributed by atoms with Gasteiger partial charge in [-0.05, 0) is 23.1 Å². The van der Waals surface area contributed by atoms with E-state index in [2.05, 4.69) is 36.0 Å². The normalized spacial score (nSPS) is 11.6. The Kier molecular flexibility index (Phi) is 4.31. The van der Waals surface area contributed by atoms with Crippen LogP contribution in [0.25, 0.3) is 0 Å². The number of amides is 1. The molecule has 0 atom stereocenters. The second-order valence-corrected chi connectivity index (χ2v) is 4.89. The van der Waals surface area contributed by atoms with Crippen molar-refractivity contribution in [3.63, 3.8) is 0 Å². The fraction of sp³-hybridized carbons (Fsp3) is 0.385. The average molecular weight is 250 g/mol. The highest BCUT2D eigenvalue weighted by Crippen LogP contribution is 2.26. The van der Waals surface area contributed by atoms with Crippen molar-refractivity contribution < 1.29 is 14.6 Å². The Hall–Kier alpha value is -2.04. The SMILES string of the molecule is COC(=O)N/N=C/c1cc(C(C)(C)C)ccc1O. The fourth-order valence-corrected chi connectivity index (χ4v) is 1.32. The van der Waals surface area contributed by atoms with Crippen LogP contribution in [0.1, 0.15) is 31.9 Å². The number of rotatable bonds is 2. The summed E-state index contributed by atoms with van der Waals surface area (Å²) in [6.45, 7) is 6.23. The molecular weight excluding hydrogens is 232 g/mol. The van der Waals surface area contributed by atoms with Gasteiger partial charge in [-0.15, -0.1) is 0 Å². The first kappa shape index (κ1) is 14.0. The highest BCUT2D eigenvalue weighted by Gasteiger charge is 2.14. The molecule has 0 aliphatic heterocycles. The van der Waals surface area contributed by atoms with Crippen LogP contribution in [0.3, 0.4) is 0 Å². The van der Waals surface area contributed by atoms with Crippen molar-refractivity contribution >= 4 is 12.3 Å². The van der Waals surface area contributed by atoms with Gasteiger partial charge in [0.1, 0.15) is 5.75 Å². The third-order valence-corrected chi connectivity index (χ3v) is 2.44. The lowest BCUT2D eigenvalue weighted by Crippen LogP contribution is -2.17. The Morgan fingerprint density at radius 2 is 2.11 bits per heavy atom. The first-order chi connectivity index (χ1) is 8.34. The zero-order valence-corrected chi connectivity index (χ0v) is 11.0. The molecular formula is C13H18N2O3. The van der Waals surface area contributed by atoms with E-state index in [-0.39, 0.29) is 11.2 Å². The Morgan fingerprint density at radius 3 is 2.67 bits per heavy atom. The van der Waals surface area contributed by atoms with Gasteiger partial charge in [0.05, 0.1) is 13.3 Å². The zero-order valence-electron chi connectivity index (χ0n) is 11.0. The van der Waals surface area contributed by atoms with Crippen molar-refractivity contribution in [1.82, 2.24) is 5.43 Å². The minimum atomic E-state index is -0.655. The molecule has 0 unspecified atom stereocenters. The number of hydrogen-bond acceptors (Lipinski definition) is 4. The standard InChI is InChI=1S/C13H18N2O3/c1-13(2,3)10-5-6-11(16)9(7-10)8-14-15-12(17)18-4/h5-8,16H,1-4H3,(H,15,17)/b14-8+. The number of methoxy groups -OCH3 is 1. The summed E-state index contributed by atoms with van der Waals surface area (Å²) in [7, 11) is 1.25. The lowest BCUT2D eigenvalue weighted by molar-refractivity contribution is 0.171. The van der Waals surface area contributed by atoms with Crippen molar-refractivity contribution in [3.05, 3.63) is 29.3 Å². The molecule has 0 saturated carbocycles. The van der Waals surface area contributed by atoms with Gasteiger partial charge in [-0.2, -0.15) is 5.10 Å². The largest absolute Gasteiger partial charge is 0.507 e. The second kappa shape index (κ2) is 5.53. The van der Waals surface area contributed by atoms with E-state index >= 15 is 0 Å². The molecule has 1 rings (SSSR count). The number of phenolic OH excluding ortho intramolecular Hbond substituents is 1. The van der Waals surface area contributed by atoms with Gasteiger partial charge in [0.25, 0.3) is 0 Å². The number of hydrogen-bond donors (Lipinski definition) is 2.